The molecule has 1 fully saturated rings. The van der Waals surface area contributed by atoms with Gasteiger partial charge in [0.25, 0.3) is 0 Å². The van der Waals surface area contributed by atoms with Crippen LogP contribution in [0, 0.1) is 12.8 Å². The molecular weight excluding hydrogens is 462 g/mol. The summed E-state index contributed by atoms with van der Waals surface area (Å²) in [6, 6.07) is 11.1. The van der Waals surface area contributed by atoms with E-state index in [1.807, 2.05) is 25.5 Å². The van der Waals surface area contributed by atoms with Gasteiger partial charge in [-0.1, -0.05) is 36.8 Å². The van der Waals surface area contributed by atoms with Crippen molar-refractivity contribution in [1.29, 1.82) is 0 Å². The number of carbonyl (C=O) groups excluding carboxylic acids is 1. The maximum Gasteiger partial charge on any atom is 0.227 e. The summed E-state index contributed by atoms with van der Waals surface area (Å²) in [6.45, 7) is 11.8. The molecule has 37 heavy (non-hydrogen) atoms. The van der Waals surface area contributed by atoms with E-state index in [2.05, 4.69) is 77.2 Å². The van der Waals surface area contributed by atoms with Crippen LogP contribution in [0.2, 0.25) is 0 Å². The number of aromatic nitrogens is 4. The van der Waals surface area contributed by atoms with E-state index in [-0.39, 0.29) is 23.8 Å². The zero-order valence-corrected chi connectivity index (χ0v) is 22.7. The van der Waals surface area contributed by atoms with Crippen molar-refractivity contribution >= 4 is 11.9 Å². The average molecular weight is 502 g/mol. The molecule has 1 aromatic carbocycles. The zero-order valence-electron chi connectivity index (χ0n) is 22.7. The van der Waals surface area contributed by atoms with Crippen molar-refractivity contribution in [2.45, 2.75) is 71.6 Å². The molecule has 8 heteroatoms. The van der Waals surface area contributed by atoms with E-state index >= 15 is 0 Å². The minimum atomic E-state index is -0.0350. The molecule has 0 aliphatic carbocycles. The molecule has 5 rings (SSSR count). The van der Waals surface area contributed by atoms with Crippen molar-refractivity contribution in [3.05, 3.63) is 70.8 Å². The van der Waals surface area contributed by atoms with Crippen LogP contribution in [-0.4, -0.2) is 60.6 Å². The van der Waals surface area contributed by atoms with Gasteiger partial charge >= 0.3 is 0 Å². The van der Waals surface area contributed by atoms with Crippen molar-refractivity contribution in [2.75, 3.05) is 18.4 Å². The van der Waals surface area contributed by atoms with Crippen LogP contribution in [0.15, 0.2) is 42.7 Å². The van der Waals surface area contributed by atoms with Crippen LogP contribution in [-0.2, 0) is 31.4 Å². The maximum atomic E-state index is 14.2. The molecule has 8 nitrogen and oxygen atoms in total. The van der Waals surface area contributed by atoms with Crippen molar-refractivity contribution < 1.29 is 4.79 Å². The average Bonchev–Trinajstić information content (AvgIpc) is 3.31. The zero-order chi connectivity index (χ0) is 26.1. The summed E-state index contributed by atoms with van der Waals surface area (Å²) < 4.78 is 1.78. The van der Waals surface area contributed by atoms with Gasteiger partial charge in [0.1, 0.15) is 0 Å². The normalized spacial score (nSPS) is 24.1. The number of hydrogen-bond acceptors (Lipinski definition) is 6. The van der Waals surface area contributed by atoms with Crippen LogP contribution in [0.5, 0.6) is 0 Å². The van der Waals surface area contributed by atoms with Gasteiger partial charge in [-0.2, -0.15) is 5.10 Å². The number of hydrogen-bond donors (Lipinski definition) is 1. The number of nitrogens with zero attached hydrogens (tertiary/aromatic N) is 6. The maximum absolute atomic E-state index is 14.2. The molecule has 2 aliphatic heterocycles. The summed E-state index contributed by atoms with van der Waals surface area (Å²) in [5, 5.41) is 7.69. The van der Waals surface area contributed by atoms with Crippen LogP contribution in [0.3, 0.4) is 0 Å². The van der Waals surface area contributed by atoms with E-state index in [0.717, 1.165) is 42.9 Å². The van der Waals surface area contributed by atoms with E-state index in [1.165, 1.54) is 11.1 Å². The molecule has 1 amide bonds. The summed E-state index contributed by atoms with van der Waals surface area (Å²) in [5.74, 6) is 0.977. The summed E-state index contributed by atoms with van der Waals surface area (Å²) in [7, 11) is 1.90. The van der Waals surface area contributed by atoms with Crippen LogP contribution >= 0.6 is 0 Å². The summed E-state index contributed by atoms with van der Waals surface area (Å²) >= 11 is 0. The number of anilines is 1. The topological polar surface area (TPSA) is 79.2 Å². The van der Waals surface area contributed by atoms with Crippen LogP contribution in [0.25, 0.3) is 0 Å². The molecule has 2 aliphatic rings. The van der Waals surface area contributed by atoms with Gasteiger partial charge < -0.3 is 15.1 Å². The van der Waals surface area contributed by atoms with Crippen molar-refractivity contribution in [1.82, 2.24) is 29.5 Å². The quantitative estimate of drug-likeness (QED) is 0.552. The smallest absolute Gasteiger partial charge is 0.227 e. The molecule has 0 saturated carbocycles. The lowest BCUT2D eigenvalue weighted by molar-refractivity contribution is -0.142. The third-order valence-corrected chi connectivity index (χ3v) is 8.21. The van der Waals surface area contributed by atoms with E-state index < -0.39 is 0 Å². The number of likely N-dealkylation sites (tertiary alicyclic amines) is 1. The number of amides is 1. The van der Waals surface area contributed by atoms with Gasteiger partial charge in [-0.15, -0.1) is 0 Å². The lowest BCUT2D eigenvalue weighted by Gasteiger charge is -2.46. The van der Waals surface area contributed by atoms with E-state index in [4.69, 9.17) is 4.98 Å². The van der Waals surface area contributed by atoms with Crippen molar-refractivity contribution in [3.63, 3.8) is 0 Å². The molecule has 0 bridgehead atoms. The van der Waals surface area contributed by atoms with E-state index in [9.17, 15) is 4.79 Å². The van der Waals surface area contributed by atoms with Crippen molar-refractivity contribution in [2.24, 2.45) is 13.0 Å². The number of likely N-dealkylation sites (N-methyl/N-ethyl adjacent to an activating group) is 1. The van der Waals surface area contributed by atoms with E-state index in [1.54, 1.807) is 4.68 Å². The highest BCUT2D eigenvalue weighted by atomic mass is 16.2. The standard InChI is InChI=1S/C29H39N7O/c1-6-35-13-11-25(27(21(35)4)22-9-7-8-19(2)14-22)28(37)36-18-26-23(15-20(36)3)16-30-29(32-26)31-17-24-10-12-34(5)33-24/h7-10,12,14,16,20-21,25,27H,6,11,13,15,17-18H2,1-5H3,(H,30,31,32)/t20-,21?,25+,27-/m1/s1. The molecular formula is C29H39N7O. The summed E-state index contributed by atoms with van der Waals surface area (Å²) in [5.41, 5.74) is 5.52. The first-order valence-electron chi connectivity index (χ1n) is 13.5. The first-order valence-corrected chi connectivity index (χ1v) is 13.5. The molecule has 0 radical (unpaired) electrons. The van der Waals surface area contributed by atoms with Gasteiger partial charge in [0.15, 0.2) is 0 Å². The minimum absolute atomic E-state index is 0.0350. The Morgan fingerprint density at radius 2 is 2.05 bits per heavy atom. The summed E-state index contributed by atoms with van der Waals surface area (Å²) in [4.78, 5) is 28.1. The molecule has 4 atom stereocenters. The molecule has 1 N–H and O–H groups in total. The van der Waals surface area contributed by atoms with Gasteiger partial charge in [-0.3, -0.25) is 9.48 Å². The Morgan fingerprint density at radius 3 is 2.78 bits per heavy atom. The second-order valence-electron chi connectivity index (χ2n) is 10.7. The summed E-state index contributed by atoms with van der Waals surface area (Å²) in [6.07, 6.45) is 5.50. The first kappa shape index (κ1) is 25.4. The fraction of sp³-hybridized carbons (Fsp3) is 0.517. The number of carbonyl (C=O) groups is 1. The van der Waals surface area contributed by atoms with Gasteiger partial charge in [-0.25, -0.2) is 9.97 Å². The second kappa shape index (κ2) is 10.6. The lowest BCUT2D eigenvalue weighted by atomic mass is 9.74. The Labute approximate surface area is 220 Å². The molecule has 2 aromatic heterocycles. The molecule has 3 aromatic rings. The molecule has 1 unspecified atom stereocenters. The largest absolute Gasteiger partial charge is 0.348 e. The number of aryl methyl sites for hydroxylation is 2. The molecule has 4 heterocycles. The Hall–Kier alpha value is -3.26. The number of rotatable bonds is 6. The van der Waals surface area contributed by atoms with Crippen LogP contribution < -0.4 is 5.32 Å². The Bertz CT molecular complexity index is 1250. The van der Waals surface area contributed by atoms with Gasteiger partial charge in [0, 0.05) is 43.4 Å². The highest BCUT2D eigenvalue weighted by Gasteiger charge is 2.43. The highest BCUT2D eigenvalue weighted by molar-refractivity contribution is 5.81. The van der Waals surface area contributed by atoms with Crippen molar-refractivity contribution in [3.8, 4) is 0 Å². The number of nitrogens with one attached hydrogen (secondary N) is 1. The third kappa shape index (κ3) is 5.25. The SMILES string of the molecule is CCN1CC[C@H](C(=O)N2Cc3nc(NCc4ccn(C)n4)ncc3C[C@H]2C)[C@@H](c2cccc(C)c2)C1C. The Balaban J connectivity index is 1.37. The third-order valence-electron chi connectivity index (χ3n) is 8.21. The van der Waals surface area contributed by atoms with Gasteiger partial charge in [0.2, 0.25) is 11.9 Å². The molecule has 196 valence electrons. The predicted molar refractivity (Wildman–Crippen MR) is 145 cm³/mol. The van der Waals surface area contributed by atoms with Crippen LogP contribution in [0.4, 0.5) is 5.95 Å². The highest BCUT2D eigenvalue weighted by Crippen LogP contribution is 2.39. The van der Waals surface area contributed by atoms with E-state index in [0.29, 0.717) is 25.1 Å². The van der Waals surface area contributed by atoms with Gasteiger partial charge in [-0.05, 0) is 63.9 Å². The fourth-order valence-electron chi connectivity index (χ4n) is 6.18. The lowest BCUT2D eigenvalue weighted by Crippen LogP contribution is -2.53. The predicted octanol–water partition coefficient (Wildman–Crippen LogP) is 3.92. The minimum Gasteiger partial charge on any atom is -0.348 e. The van der Waals surface area contributed by atoms with Crippen LogP contribution in [0.1, 0.15) is 61.2 Å². The Kier molecular flexibility index (Phi) is 7.29. The monoisotopic (exact) mass is 501 g/mol. The Morgan fingerprint density at radius 1 is 1.22 bits per heavy atom. The first-order chi connectivity index (χ1) is 17.8. The second-order valence-corrected chi connectivity index (χ2v) is 10.7. The molecule has 1 saturated heterocycles. The number of benzene rings is 1. The fourth-order valence-corrected chi connectivity index (χ4v) is 6.18. The number of fused-ring (bicyclic) bond motifs is 1. The molecule has 0 spiro atoms. The van der Waals surface area contributed by atoms with Gasteiger partial charge in [0.05, 0.1) is 24.5 Å². The number of piperidine rings is 1.